The number of hydrogen-bond donors (Lipinski definition) is 1. The van der Waals surface area contributed by atoms with Crippen LogP contribution in [0.4, 0.5) is 0 Å². The third-order valence-electron chi connectivity index (χ3n) is 3.74. The maximum absolute atomic E-state index is 5.71. The van der Waals surface area contributed by atoms with Gasteiger partial charge in [-0.15, -0.1) is 12.4 Å². The Labute approximate surface area is 110 Å². The molecule has 0 bridgehead atoms. The fraction of sp³-hybridized carbons (Fsp3) is 0.750. The average molecular weight is 259 g/mol. The first kappa shape index (κ1) is 14.5. The van der Waals surface area contributed by atoms with Crippen molar-refractivity contribution >= 4 is 12.4 Å². The van der Waals surface area contributed by atoms with E-state index in [1.54, 1.807) is 0 Å². The fourth-order valence-electron chi connectivity index (χ4n) is 2.52. The minimum absolute atomic E-state index is 0. The first-order chi connectivity index (χ1) is 7.61. The molecule has 0 aliphatic carbocycles. The van der Waals surface area contributed by atoms with Crippen molar-refractivity contribution < 1.29 is 0 Å². The highest BCUT2D eigenvalue weighted by molar-refractivity contribution is 5.85. The van der Waals surface area contributed by atoms with Crippen molar-refractivity contribution in [3.8, 4) is 0 Å². The third kappa shape index (κ3) is 3.00. The molecule has 2 rings (SSSR count). The van der Waals surface area contributed by atoms with Gasteiger partial charge in [-0.1, -0.05) is 0 Å². The van der Waals surface area contributed by atoms with Gasteiger partial charge in [0, 0.05) is 31.4 Å². The highest BCUT2D eigenvalue weighted by atomic mass is 35.5. The molecule has 0 saturated carbocycles. The summed E-state index contributed by atoms with van der Waals surface area (Å²) >= 11 is 0. The lowest BCUT2D eigenvalue weighted by Crippen LogP contribution is -2.23. The summed E-state index contributed by atoms with van der Waals surface area (Å²) in [7, 11) is 2.01. The van der Waals surface area contributed by atoms with Crippen LogP contribution < -0.4 is 5.73 Å². The molecule has 2 N–H and O–H groups in total. The fourth-order valence-corrected chi connectivity index (χ4v) is 2.52. The highest BCUT2D eigenvalue weighted by Crippen LogP contribution is 2.20. The van der Waals surface area contributed by atoms with E-state index in [0.717, 1.165) is 25.3 Å². The molecule has 4 nitrogen and oxygen atoms in total. The van der Waals surface area contributed by atoms with Gasteiger partial charge < -0.3 is 5.73 Å². The van der Waals surface area contributed by atoms with E-state index >= 15 is 0 Å². The van der Waals surface area contributed by atoms with Crippen LogP contribution in [0.15, 0.2) is 0 Å². The number of likely N-dealkylation sites (tertiary alicyclic amines) is 1. The molecule has 1 aromatic heterocycles. The van der Waals surface area contributed by atoms with E-state index in [4.69, 9.17) is 5.73 Å². The third-order valence-corrected chi connectivity index (χ3v) is 3.74. The van der Waals surface area contributed by atoms with Crippen LogP contribution in [0.5, 0.6) is 0 Å². The van der Waals surface area contributed by atoms with Gasteiger partial charge in [0.15, 0.2) is 0 Å². The van der Waals surface area contributed by atoms with Crippen LogP contribution in [0.25, 0.3) is 0 Å². The zero-order valence-electron chi connectivity index (χ0n) is 10.9. The molecule has 0 radical (unpaired) electrons. The van der Waals surface area contributed by atoms with Crippen LogP contribution in [0.2, 0.25) is 0 Å². The van der Waals surface area contributed by atoms with Gasteiger partial charge in [0.2, 0.25) is 0 Å². The van der Waals surface area contributed by atoms with Crippen LogP contribution in [0.3, 0.4) is 0 Å². The van der Waals surface area contributed by atoms with E-state index in [1.165, 1.54) is 24.2 Å². The number of nitrogens with zero attached hydrogens (tertiary/aromatic N) is 3. The van der Waals surface area contributed by atoms with Crippen LogP contribution in [0.1, 0.15) is 23.4 Å². The van der Waals surface area contributed by atoms with Crippen molar-refractivity contribution in [1.82, 2.24) is 14.7 Å². The van der Waals surface area contributed by atoms with Gasteiger partial charge >= 0.3 is 0 Å². The van der Waals surface area contributed by atoms with Crippen molar-refractivity contribution in [2.24, 2.45) is 18.7 Å². The lowest BCUT2D eigenvalue weighted by Gasteiger charge is -2.15. The van der Waals surface area contributed by atoms with Crippen molar-refractivity contribution in [3.63, 3.8) is 0 Å². The summed E-state index contributed by atoms with van der Waals surface area (Å²) in [4.78, 5) is 2.49. The maximum atomic E-state index is 5.71. The van der Waals surface area contributed by atoms with Crippen LogP contribution in [0, 0.1) is 19.8 Å². The van der Waals surface area contributed by atoms with Gasteiger partial charge in [-0.25, -0.2) is 0 Å². The molecule has 5 heteroatoms. The summed E-state index contributed by atoms with van der Waals surface area (Å²) in [6.07, 6.45) is 1.24. The summed E-state index contributed by atoms with van der Waals surface area (Å²) in [5, 5.41) is 4.46. The number of halogens is 1. The molecule has 0 spiro atoms. The minimum Gasteiger partial charge on any atom is -0.330 e. The lowest BCUT2D eigenvalue weighted by atomic mass is 10.1. The molecular formula is C12H23ClN4. The Morgan fingerprint density at radius 1 is 1.41 bits per heavy atom. The molecule has 1 aromatic rings. The smallest absolute Gasteiger partial charge is 0.0641 e. The van der Waals surface area contributed by atoms with Gasteiger partial charge in [-0.05, 0) is 39.3 Å². The number of nitrogens with two attached hydrogens (primary N) is 1. The standard InChI is InChI=1S/C12H22N4.ClH/c1-9-12(10(2)15(3)14-9)8-16-5-4-11(6-13)7-16;/h11H,4-8,13H2,1-3H3;1H. The van der Waals surface area contributed by atoms with Gasteiger partial charge in [0.05, 0.1) is 5.69 Å². The van der Waals surface area contributed by atoms with Gasteiger partial charge in [0.25, 0.3) is 0 Å². The molecule has 98 valence electrons. The van der Waals surface area contributed by atoms with Crippen molar-refractivity contribution in [2.45, 2.75) is 26.8 Å². The second kappa shape index (κ2) is 5.85. The Kier molecular flexibility index (Phi) is 4.98. The predicted molar refractivity (Wildman–Crippen MR) is 72.4 cm³/mol. The monoisotopic (exact) mass is 258 g/mol. The minimum atomic E-state index is 0. The van der Waals surface area contributed by atoms with E-state index in [2.05, 4.69) is 23.8 Å². The average Bonchev–Trinajstić information content (AvgIpc) is 2.80. The molecule has 1 atom stereocenters. The summed E-state index contributed by atoms with van der Waals surface area (Å²) in [6, 6.07) is 0. The number of rotatable bonds is 3. The normalized spacial score (nSPS) is 20.6. The topological polar surface area (TPSA) is 47.1 Å². The van der Waals surface area contributed by atoms with Crippen molar-refractivity contribution in [2.75, 3.05) is 19.6 Å². The Balaban J connectivity index is 0.00000144. The largest absolute Gasteiger partial charge is 0.330 e. The second-order valence-corrected chi connectivity index (χ2v) is 4.90. The molecular weight excluding hydrogens is 236 g/mol. The Hall–Kier alpha value is -0.580. The van der Waals surface area contributed by atoms with Crippen molar-refractivity contribution in [1.29, 1.82) is 0 Å². The molecule has 1 aliphatic rings. The van der Waals surface area contributed by atoms with Crippen LogP contribution in [-0.2, 0) is 13.6 Å². The molecule has 1 fully saturated rings. The zero-order chi connectivity index (χ0) is 11.7. The predicted octanol–water partition coefficient (Wildman–Crippen LogP) is 1.24. The number of hydrogen-bond acceptors (Lipinski definition) is 3. The summed E-state index contributed by atoms with van der Waals surface area (Å²) in [5.74, 6) is 0.692. The first-order valence-electron chi connectivity index (χ1n) is 6.03. The molecule has 0 amide bonds. The Morgan fingerprint density at radius 2 is 2.12 bits per heavy atom. The summed E-state index contributed by atoms with van der Waals surface area (Å²) in [5.41, 5.74) is 9.55. The van der Waals surface area contributed by atoms with E-state index in [-0.39, 0.29) is 12.4 Å². The van der Waals surface area contributed by atoms with E-state index in [1.807, 2.05) is 11.7 Å². The summed E-state index contributed by atoms with van der Waals surface area (Å²) < 4.78 is 1.97. The van der Waals surface area contributed by atoms with E-state index in [9.17, 15) is 0 Å². The molecule has 17 heavy (non-hydrogen) atoms. The summed E-state index contributed by atoms with van der Waals surface area (Å²) in [6.45, 7) is 8.41. The molecule has 1 aliphatic heterocycles. The molecule has 2 heterocycles. The molecule has 1 unspecified atom stereocenters. The van der Waals surface area contributed by atoms with Gasteiger partial charge in [-0.3, -0.25) is 9.58 Å². The van der Waals surface area contributed by atoms with Crippen molar-refractivity contribution in [3.05, 3.63) is 17.0 Å². The molecule has 0 aromatic carbocycles. The van der Waals surface area contributed by atoms with Gasteiger partial charge in [-0.2, -0.15) is 5.10 Å². The quantitative estimate of drug-likeness (QED) is 0.888. The van der Waals surface area contributed by atoms with E-state index < -0.39 is 0 Å². The first-order valence-corrected chi connectivity index (χ1v) is 6.03. The Bertz CT molecular complexity index is 375. The Morgan fingerprint density at radius 3 is 2.59 bits per heavy atom. The lowest BCUT2D eigenvalue weighted by molar-refractivity contribution is 0.316. The van der Waals surface area contributed by atoms with Gasteiger partial charge in [0.1, 0.15) is 0 Å². The van der Waals surface area contributed by atoms with E-state index in [0.29, 0.717) is 5.92 Å². The SMILES string of the molecule is Cc1nn(C)c(C)c1CN1CCC(CN)C1.Cl. The second-order valence-electron chi connectivity index (χ2n) is 4.90. The highest BCUT2D eigenvalue weighted by Gasteiger charge is 2.22. The maximum Gasteiger partial charge on any atom is 0.0641 e. The van der Waals surface area contributed by atoms with Crippen LogP contribution >= 0.6 is 12.4 Å². The van der Waals surface area contributed by atoms with Crippen LogP contribution in [-0.4, -0.2) is 34.3 Å². The number of aromatic nitrogens is 2. The number of aryl methyl sites for hydroxylation is 2. The zero-order valence-corrected chi connectivity index (χ0v) is 11.8. The molecule has 1 saturated heterocycles.